The second-order valence-electron chi connectivity index (χ2n) is 6.64. The fourth-order valence-electron chi connectivity index (χ4n) is 3.78. The van der Waals surface area contributed by atoms with Gasteiger partial charge in [0.1, 0.15) is 0 Å². The average molecular weight is 310 g/mol. The molecule has 2 unspecified atom stereocenters. The van der Waals surface area contributed by atoms with E-state index >= 15 is 0 Å². The lowest BCUT2D eigenvalue weighted by atomic mass is 9.93. The minimum absolute atomic E-state index is 0.0997. The van der Waals surface area contributed by atoms with Gasteiger partial charge < -0.3 is 10.2 Å². The number of fused-ring (bicyclic) bond motifs is 1. The second-order valence-corrected chi connectivity index (χ2v) is 6.64. The molecule has 1 aromatic carbocycles. The maximum Gasteiger partial charge on any atom is 0.257 e. The number of carbonyl (C=O) groups excluding carboxylic acids is 1. The Morgan fingerprint density at radius 3 is 2.91 bits per heavy atom. The minimum atomic E-state index is 0.0997. The molecule has 2 aliphatic heterocycles. The molecule has 2 atom stereocenters. The van der Waals surface area contributed by atoms with Gasteiger partial charge in [0.15, 0.2) is 0 Å². The van der Waals surface area contributed by atoms with Crippen molar-refractivity contribution in [1.29, 1.82) is 0 Å². The molecular formula is C18H22N4O. The van der Waals surface area contributed by atoms with Crippen LogP contribution < -0.4 is 5.32 Å². The highest BCUT2D eigenvalue weighted by Gasteiger charge is 2.31. The summed E-state index contributed by atoms with van der Waals surface area (Å²) in [7, 11) is 0. The lowest BCUT2D eigenvalue weighted by Gasteiger charge is -2.35. The highest BCUT2D eigenvalue weighted by molar-refractivity contribution is 5.95. The number of nitrogens with zero attached hydrogens (tertiary/aromatic N) is 2. The maximum atomic E-state index is 13.1. The molecule has 0 radical (unpaired) electrons. The second kappa shape index (κ2) is 5.81. The minimum Gasteiger partial charge on any atom is -0.331 e. The van der Waals surface area contributed by atoms with Crippen LogP contribution in [0.1, 0.15) is 46.4 Å². The lowest BCUT2D eigenvalue weighted by Crippen LogP contribution is -2.42. The van der Waals surface area contributed by atoms with Gasteiger partial charge in [0.2, 0.25) is 0 Å². The van der Waals surface area contributed by atoms with Gasteiger partial charge in [-0.25, -0.2) is 0 Å². The molecule has 4 rings (SSSR count). The Hall–Kier alpha value is -2.14. The summed E-state index contributed by atoms with van der Waals surface area (Å²) in [4.78, 5) is 15.1. The first-order chi connectivity index (χ1) is 11.2. The highest BCUT2D eigenvalue weighted by Crippen LogP contribution is 2.28. The topological polar surface area (TPSA) is 61.0 Å². The molecule has 3 heterocycles. The van der Waals surface area contributed by atoms with Crippen molar-refractivity contribution in [2.24, 2.45) is 0 Å². The van der Waals surface area contributed by atoms with Gasteiger partial charge in [-0.15, -0.1) is 0 Å². The van der Waals surface area contributed by atoms with Gasteiger partial charge in [-0.2, -0.15) is 5.10 Å². The molecule has 2 aliphatic rings. The molecule has 1 amide bonds. The third-order valence-corrected chi connectivity index (χ3v) is 5.14. The van der Waals surface area contributed by atoms with E-state index in [1.165, 1.54) is 11.1 Å². The molecule has 1 aromatic heterocycles. The van der Waals surface area contributed by atoms with Crippen molar-refractivity contribution in [3.8, 4) is 0 Å². The number of aromatic nitrogens is 2. The zero-order valence-electron chi connectivity index (χ0n) is 13.4. The summed E-state index contributed by atoms with van der Waals surface area (Å²) in [6, 6.07) is 8.62. The van der Waals surface area contributed by atoms with E-state index in [-0.39, 0.29) is 11.9 Å². The van der Waals surface area contributed by atoms with Crippen LogP contribution in [0.25, 0.3) is 0 Å². The molecule has 23 heavy (non-hydrogen) atoms. The predicted octanol–water partition coefficient (Wildman–Crippen LogP) is 2.07. The Labute approximate surface area is 136 Å². The summed E-state index contributed by atoms with van der Waals surface area (Å²) in [5, 5.41) is 10.6. The van der Waals surface area contributed by atoms with Crippen LogP contribution in [0.2, 0.25) is 0 Å². The molecule has 0 spiro atoms. The number of hydrogen-bond acceptors (Lipinski definition) is 3. The van der Waals surface area contributed by atoms with Gasteiger partial charge in [-0.3, -0.25) is 9.89 Å². The summed E-state index contributed by atoms with van der Waals surface area (Å²) >= 11 is 0. The van der Waals surface area contributed by atoms with E-state index in [1.807, 2.05) is 11.0 Å². The molecule has 2 aromatic rings. The maximum absolute atomic E-state index is 13.1. The van der Waals surface area contributed by atoms with E-state index in [0.717, 1.165) is 37.2 Å². The van der Waals surface area contributed by atoms with Gasteiger partial charge >= 0.3 is 0 Å². The first-order valence-electron chi connectivity index (χ1n) is 8.35. The van der Waals surface area contributed by atoms with Crippen molar-refractivity contribution in [1.82, 2.24) is 20.4 Å². The predicted molar refractivity (Wildman–Crippen MR) is 88.3 cm³/mol. The summed E-state index contributed by atoms with van der Waals surface area (Å²) in [5.74, 6) is 0.464. The molecule has 5 nitrogen and oxygen atoms in total. The van der Waals surface area contributed by atoms with Gasteiger partial charge in [-0.1, -0.05) is 24.3 Å². The van der Waals surface area contributed by atoms with Crippen molar-refractivity contribution in [3.63, 3.8) is 0 Å². The molecule has 120 valence electrons. The van der Waals surface area contributed by atoms with Crippen LogP contribution in [-0.4, -0.2) is 40.1 Å². The van der Waals surface area contributed by atoms with Crippen molar-refractivity contribution >= 4 is 5.91 Å². The van der Waals surface area contributed by atoms with Crippen molar-refractivity contribution in [3.05, 3.63) is 52.8 Å². The Morgan fingerprint density at radius 2 is 2.13 bits per heavy atom. The van der Waals surface area contributed by atoms with Crippen LogP contribution >= 0.6 is 0 Å². The number of carbonyl (C=O) groups is 1. The molecule has 1 saturated heterocycles. The number of rotatable bonds is 2. The first kappa shape index (κ1) is 14.5. The van der Waals surface area contributed by atoms with Crippen molar-refractivity contribution in [2.75, 3.05) is 13.1 Å². The van der Waals surface area contributed by atoms with Gasteiger partial charge in [-0.05, 0) is 37.4 Å². The normalized spacial score (nSPS) is 23.8. The number of nitrogens with one attached hydrogen (secondary N) is 2. The van der Waals surface area contributed by atoms with E-state index in [2.05, 4.69) is 40.6 Å². The summed E-state index contributed by atoms with van der Waals surface area (Å²) < 4.78 is 0. The largest absolute Gasteiger partial charge is 0.331 e. The fourth-order valence-corrected chi connectivity index (χ4v) is 3.78. The molecule has 0 aliphatic carbocycles. The SMILES string of the molecule is CC1Cc2ccccc2CN1C(=O)c1cn[nH]c1C1CCNC1. The van der Waals surface area contributed by atoms with E-state index in [1.54, 1.807) is 6.20 Å². The zero-order valence-corrected chi connectivity index (χ0v) is 13.4. The number of hydrogen-bond donors (Lipinski definition) is 2. The Bertz CT molecular complexity index is 717. The van der Waals surface area contributed by atoms with E-state index in [9.17, 15) is 4.79 Å². The smallest absolute Gasteiger partial charge is 0.257 e. The standard InChI is InChI=1S/C18H22N4O/c1-12-8-13-4-2-3-5-15(13)11-22(12)18(23)16-10-20-21-17(16)14-6-7-19-9-14/h2-5,10,12,14,19H,6-9,11H2,1H3,(H,20,21). The lowest BCUT2D eigenvalue weighted by molar-refractivity contribution is 0.0656. The summed E-state index contributed by atoms with van der Waals surface area (Å²) in [6.07, 6.45) is 3.67. The molecule has 1 fully saturated rings. The number of amides is 1. The number of H-pyrrole nitrogens is 1. The van der Waals surface area contributed by atoms with Crippen LogP contribution in [-0.2, 0) is 13.0 Å². The van der Waals surface area contributed by atoms with Gasteiger partial charge in [0, 0.05) is 25.0 Å². The van der Waals surface area contributed by atoms with Crippen LogP contribution in [0.5, 0.6) is 0 Å². The van der Waals surface area contributed by atoms with E-state index in [4.69, 9.17) is 0 Å². The number of aromatic amines is 1. The van der Waals surface area contributed by atoms with Crippen LogP contribution in [0, 0.1) is 0 Å². The first-order valence-corrected chi connectivity index (χ1v) is 8.35. The van der Waals surface area contributed by atoms with Gasteiger partial charge in [0.25, 0.3) is 5.91 Å². The molecule has 2 N–H and O–H groups in total. The van der Waals surface area contributed by atoms with Crippen LogP contribution in [0.3, 0.4) is 0 Å². The van der Waals surface area contributed by atoms with Crippen LogP contribution in [0.4, 0.5) is 0 Å². The van der Waals surface area contributed by atoms with E-state index in [0.29, 0.717) is 12.5 Å². The van der Waals surface area contributed by atoms with Gasteiger partial charge in [0.05, 0.1) is 17.5 Å². The monoisotopic (exact) mass is 310 g/mol. The summed E-state index contributed by atoms with van der Waals surface area (Å²) in [6.45, 7) is 4.74. The fraction of sp³-hybridized carbons (Fsp3) is 0.444. The molecule has 5 heteroatoms. The Morgan fingerprint density at radius 1 is 1.30 bits per heavy atom. The molecule has 0 bridgehead atoms. The molecular weight excluding hydrogens is 288 g/mol. The summed E-state index contributed by atoms with van der Waals surface area (Å²) in [5.41, 5.74) is 4.35. The highest BCUT2D eigenvalue weighted by atomic mass is 16.2. The zero-order chi connectivity index (χ0) is 15.8. The number of benzene rings is 1. The Kier molecular flexibility index (Phi) is 3.65. The molecule has 0 saturated carbocycles. The third-order valence-electron chi connectivity index (χ3n) is 5.14. The quantitative estimate of drug-likeness (QED) is 0.893. The third kappa shape index (κ3) is 2.55. The van der Waals surface area contributed by atoms with Crippen molar-refractivity contribution < 1.29 is 4.79 Å². The van der Waals surface area contributed by atoms with Crippen LogP contribution in [0.15, 0.2) is 30.5 Å². The average Bonchev–Trinajstić information content (AvgIpc) is 3.24. The van der Waals surface area contributed by atoms with E-state index < -0.39 is 0 Å². The Balaban J connectivity index is 1.61. The van der Waals surface area contributed by atoms with Crippen molar-refractivity contribution in [2.45, 2.75) is 38.3 Å².